The second-order valence-corrected chi connectivity index (χ2v) is 10.2. The number of pyridine rings is 1. The molecule has 0 saturated carbocycles. The molecule has 0 radical (unpaired) electrons. The molecule has 0 saturated heterocycles. The highest BCUT2D eigenvalue weighted by Crippen LogP contribution is 2.23. The van der Waals surface area contributed by atoms with Gasteiger partial charge in [0, 0.05) is 35.3 Å². The quantitative estimate of drug-likeness (QED) is 0.272. The zero-order chi connectivity index (χ0) is 29.1. The van der Waals surface area contributed by atoms with E-state index in [4.69, 9.17) is 5.10 Å². The van der Waals surface area contributed by atoms with E-state index in [2.05, 4.69) is 4.98 Å². The average Bonchev–Trinajstić information content (AvgIpc) is 3.60. The predicted molar refractivity (Wildman–Crippen MR) is 159 cm³/mol. The van der Waals surface area contributed by atoms with Crippen LogP contribution >= 0.6 is 11.3 Å². The molecule has 0 fully saturated rings. The third-order valence-corrected chi connectivity index (χ3v) is 7.57. The Morgan fingerprint density at radius 1 is 0.905 bits per heavy atom. The third kappa shape index (κ3) is 5.10. The second-order valence-electron chi connectivity index (χ2n) is 9.17. The van der Waals surface area contributed by atoms with Crippen LogP contribution in [0.1, 0.15) is 15.9 Å². The molecule has 6 rings (SSSR count). The number of ketones is 1. The highest BCUT2D eigenvalue weighted by atomic mass is 32.1. The first-order chi connectivity index (χ1) is 20.5. The van der Waals surface area contributed by atoms with E-state index in [0.717, 1.165) is 22.6 Å². The Balaban J connectivity index is 1.64. The van der Waals surface area contributed by atoms with Gasteiger partial charge < -0.3 is 0 Å². The van der Waals surface area contributed by atoms with Crippen LogP contribution in [0, 0.1) is 17.1 Å². The Bertz CT molecular complexity index is 2130. The number of Topliss-reactive ketones (excluding diaryl/α,β-unsaturated/α-hetero) is 1. The molecule has 0 aliphatic carbocycles. The van der Waals surface area contributed by atoms with E-state index in [9.17, 15) is 19.2 Å². The van der Waals surface area contributed by atoms with Crippen molar-refractivity contribution >= 4 is 28.8 Å². The SMILES string of the molecule is N#C/C(C(=O)c1ccccc1)=c1/s/c(=C/c2cn(-c3ccccc3)nc2-c2cccnc2)c(=O)n1-c1ccc(F)cc1. The summed E-state index contributed by atoms with van der Waals surface area (Å²) in [5.74, 6) is -0.996. The number of carbonyl (C=O) groups is 1. The summed E-state index contributed by atoms with van der Waals surface area (Å²) < 4.78 is 17.2. The summed E-state index contributed by atoms with van der Waals surface area (Å²) in [6.45, 7) is 0. The Morgan fingerprint density at radius 2 is 1.62 bits per heavy atom. The lowest BCUT2D eigenvalue weighted by atomic mass is 10.1. The Kier molecular flexibility index (Phi) is 7.20. The zero-order valence-corrected chi connectivity index (χ0v) is 22.7. The predicted octanol–water partition coefficient (Wildman–Crippen LogP) is 4.67. The fourth-order valence-electron chi connectivity index (χ4n) is 4.48. The van der Waals surface area contributed by atoms with Crippen molar-refractivity contribution in [2.45, 2.75) is 0 Å². The molecule has 9 heteroatoms. The summed E-state index contributed by atoms with van der Waals surface area (Å²) in [7, 11) is 0. The van der Waals surface area contributed by atoms with Gasteiger partial charge in [0.15, 0.2) is 0 Å². The third-order valence-electron chi connectivity index (χ3n) is 6.48. The number of hydrogen-bond acceptors (Lipinski definition) is 6. The van der Waals surface area contributed by atoms with Crippen LogP contribution < -0.4 is 14.8 Å². The topological polar surface area (TPSA) is 93.6 Å². The summed E-state index contributed by atoms with van der Waals surface area (Å²) in [5.41, 5.74) is 2.79. The van der Waals surface area contributed by atoms with Gasteiger partial charge in [-0.15, -0.1) is 11.3 Å². The normalized spacial score (nSPS) is 12.1. The van der Waals surface area contributed by atoms with Crippen LogP contribution in [-0.2, 0) is 0 Å². The molecule has 0 atom stereocenters. The first-order valence-electron chi connectivity index (χ1n) is 12.8. The van der Waals surface area contributed by atoms with Crippen LogP contribution in [0.15, 0.2) is 120 Å². The van der Waals surface area contributed by atoms with E-state index in [1.807, 2.05) is 48.7 Å². The number of carbonyl (C=O) groups excluding carboxylic acids is 1. The molecule has 0 N–H and O–H groups in total. The van der Waals surface area contributed by atoms with Crippen molar-refractivity contribution in [3.8, 4) is 28.7 Å². The molecule has 0 amide bonds. The summed E-state index contributed by atoms with van der Waals surface area (Å²) >= 11 is 1.01. The molecule has 3 heterocycles. The van der Waals surface area contributed by atoms with Gasteiger partial charge >= 0.3 is 0 Å². The van der Waals surface area contributed by atoms with Gasteiger partial charge in [-0.25, -0.2) is 9.07 Å². The number of nitrogens with zero attached hydrogens (tertiary/aromatic N) is 5. The fourth-order valence-corrected chi connectivity index (χ4v) is 5.57. The first kappa shape index (κ1) is 26.5. The maximum absolute atomic E-state index is 14.0. The van der Waals surface area contributed by atoms with Gasteiger partial charge in [-0.1, -0.05) is 48.5 Å². The lowest BCUT2D eigenvalue weighted by Gasteiger charge is -2.04. The average molecular weight is 570 g/mol. The Hall–Kier alpha value is -5.72. The van der Waals surface area contributed by atoms with Crippen molar-refractivity contribution in [2.75, 3.05) is 0 Å². The van der Waals surface area contributed by atoms with Crippen molar-refractivity contribution < 1.29 is 9.18 Å². The molecule has 0 bridgehead atoms. The van der Waals surface area contributed by atoms with Gasteiger partial charge in [0.25, 0.3) is 5.56 Å². The van der Waals surface area contributed by atoms with Crippen molar-refractivity contribution in [2.24, 2.45) is 0 Å². The molecule has 0 aliphatic heterocycles. The molecule has 202 valence electrons. The van der Waals surface area contributed by atoms with Gasteiger partial charge in [-0.05, 0) is 54.6 Å². The molecule has 3 aromatic carbocycles. The van der Waals surface area contributed by atoms with Gasteiger partial charge in [-0.3, -0.25) is 19.1 Å². The Labute approximate surface area is 243 Å². The molecule has 7 nitrogen and oxygen atoms in total. The van der Waals surface area contributed by atoms with Crippen LogP contribution in [0.5, 0.6) is 0 Å². The molecular formula is C33H20FN5O2S. The smallest absolute Gasteiger partial charge is 0.273 e. The molecular weight excluding hydrogens is 549 g/mol. The number of para-hydroxylation sites is 1. The highest BCUT2D eigenvalue weighted by Gasteiger charge is 2.19. The molecule has 0 aliphatic rings. The number of hydrogen-bond donors (Lipinski definition) is 0. The van der Waals surface area contributed by atoms with Crippen LogP contribution in [-0.4, -0.2) is 25.1 Å². The number of benzene rings is 3. The minimum Gasteiger partial charge on any atom is -0.288 e. The minimum absolute atomic E-state index is 0.146. The number of rotatable bonds is 6. The van der Waals surface area contributed by atoms with Crippen LogP contribution in [0.2, 0.25) is 0 Å². The van der Waals surface area contributed by atoms with Crippen LogP contribution in [0.4, 0.5) is 4.39 Å². The van der Waals surface area contributed by atoms with E-state index < -0.39 is 17.2 Å². The van der Waals surface area contributed by atoms with Gasteiger partial charge in [0.05, 0.1) is 15.9 Å². The van der Waals surface area contributed by atoms with Crippen molar-refractivity contribution in [3.63, 3.8) is 0 Å². The lowest BCUT2D eigenvalue weighted by molar-refractivity contribution is 0.105. The zero-order valence-electron chi connectivity index (χ0n) is 21.9. The maximum atomic E-state index is 14.0. The minimum atomic E-state index is -0.519. The van der Waals surface area contributed by atoms with Crippen LogP contribution in [0.25, 0.3) is 34.3 Å². The highest BCUT2D eigenvalue weighted by molar-refractivity contribution is 7.07. The maximum Gasteiger partial charge on any atom is 0.273 e. The van der Waals surface area contributed by atoms with E-state index in [1.54, 1.807) is 59.5 Å². The number of halogens is 1. The molecule has 0 unspecified atom stereocenters. The molecule has 6 aromatic rings. The largest absolute Gasteiger partial charge is 0.288 e. The van der Waals surface area contributed by atoms with Gasteiger partial charge in [0.2, 0.25) is 5.78 Å². The summed E-state index contributed by atoms with van der Waals surface area (Å²) in [5, 5.41) is 14.9. The monoisotopic (exact) mass is 569 g/mol. The van der Waals surface area contributed by atoms with E-state index >= 15 is 0 Å². The van der Waals surface area contributed by atoms with Crippen molar-refractivity contribution in [1.82, 2.24) is 19.3 Å². The molecule has 42 heavy (non-hydrogen) atoms. The molecule has 0 spiro atoms. The van der Waals surface area contributed by atoms with Crippen molar-refractivity contribution in [3.05, 3.63) is 152 Å². The summed E-state index contributed by atoms with van der Waals surface area (Å²) in [6, 6.07) is 28.9. The lowest BCUT2D eigenvalue weighted by Crippen LogP contribution is -2.31. The summed E-state index contributed by atoms with van der Waals surface area (Å²) in [6.07, 6.45) is 6.85. The summed E-state index contributed by atoms with van der Waals surface area (Å²) in [4.78, 5) is 31.6. The van der Waals surface area contributed by atoms with E-state index in [-0.39, 0.29) is 14.8 Å². The fraction of sp³-hybridized carbons (Fsp3) is 0. The standard InChI is InChI=1S/C33H20FN5O2S/c34-25-13-15-27(16-14-25)39-32(41)29(42-33(39)28(19-35)31(40)22-8-3-1-4-9-22)18-24-21-38(26-11-5-2-6-12-26)37-30(24)23-10-7-17-36-20-23/h1-18,20-21H/b29-18+,33-28-. The Morgan fingerprint density at radius 3 is 2.29 bits per heavy atom. The van der Waals surface area contributed by atoms with Crippen molar-refractivity contribution in [1.29, 1.82) is 5.26 Å². The van der Waals surface area contributed by atoms with E-state index in [1.165, 1.54) is 28.8 Å². The number of aromatic nitrogens is 4. The van der Waals surface area contributed by atoms with Gasteiger partial charge in [0.1, 0.15) is 27.8 Å². The number of nitriles is 1. The van der Waals surface area contributed by atoms with Crippen LogP contribution in [0.3, 0.4) is 0 Å². The number of thiazole rings is 1. The van der Waals surface area contributed by atoms with E-state index in [0.29, 0.717) is 22.5 Å². The molecule has 3 aromatic heterocycles. The second kappa shape index (κ2) is 11.4. The first-order valence-corrected chi connectivity index (χ1v) is 13.6. The van der Waals surface area contributed by atoms with Gasteiger partial charge in [-0.2, -0.15) is 10.4 Å².